The minimum Gasteiger partial charge on any atom is -0.306 e. The highest BCUT2D eigenvalue weighted by Crippen LogP contribution is 2.52. The lowest BCUT2D eigenvalue weighted by Crippen LogP contribution is -1.86. The van der Waals surface area contributed by atoms with Crippen molar-refractivity contribution >= 4 is 7.60 Å². The van der Waals surface area contributed by atoms with Crippen molar-refractivity contribution in [3.63, 3.8) is 0 Å². The van der Waals surface area contributed by atoms with Crippen LogP contribution in [0.25, 0.3) is 0 Å². The van der Waals surface area contributed by atoms with Crippen molar-refractivity contribution < 1.29 is 13.6 Å². The predicted octanol–water partition coefficient (Wildman–Crippen LogP) is 1.76. The molecule has 0 spiro atoms. The summed E-state index contributed by atoms with van der Waals surface area (Å²) in [5.41, 5.74) is 0. The molecule has 1 atom stereocenters. The van der Waals surface area contributed by atoms with E-state index >= 15 is 0 Å². The summed E-state index contributed by atoms with van der Waals surface area (Å²) in [6, 6.07) is 0. The summed E-state index contributed by atoms with van der Waals surface area (Å²) in [5.74, 6) is 1.50. The fraction of sp³-hybridized carbons (Fsp3) is 0.600. The van der Waals surface area contributed by atoms with Crippen LogP contribution in [0.5, 0.6) is 0 Å². The van der Waals surface area contributed by atoms with Gasteiger partial charge >= 0.3 is 7.60 Å². The molecule has 0 amide bonds. The molecule has 0 radical (unpaired) electrons. The summed E-state index contributed by atoms with van der Waals surface area (Å²) in [5, 5.41) is 0. The molecule has 1 unspecified atom stereocenters. The van der Waals surface area contributed by atoms with Crippen molar-refractivity contribution in [2.45, 2.75) is 6.92 Å². The van der Waals surface area contributed by atoms with Crippen molar-refractivity contribution in [2.24, 2.45) is 0 Å². The summed E-state index contributed by atoms with van der Waals surface area (Å²) in [7, 11) is -2.75. The summed E-state index contributed by atoms with van der Waals surface area (Å²) < 4.78 is 20.7. The lowest BCUT2D eigenvalue weighted by atomic mass is 10.7. The van der Waals surface area contributed by atoms with Gasteiger partial charge in [-0.1, -0.05) is 6.08 Å². The van der Waals surface area contributed by atoms with E-state index < -0.39 is 7.60 Å². The van der Waals surface area contributed by atoms with Gasteiger partial charge in [-0.3, -0.25) is 4.57 Å². The molecular weight excluding hydrogens is 139 g/mol. The maximum absolute atomic E-state index is 11.1. The van der Waals surface area contributed by atoms with Gasteiger partial charge in [0.05, 0.1) is 13.2 Å². The SMILES string of the molecule is CCOP1(=O)C=CCO1. The maximum atomic E-state index is 11.1. The average molecular weight is 148 g/mol. The molecule has 1 aliphatic rings. The maximum Gasteiger partial charge on any atom is 0.354 e. The first-order valence-corrected chi connectivity index (χ1v) is 4.44. The molecule has 1 aliphatic heterocycles. The van der Waals surface area contributed by atoms with Crippen molar-refractivity contribution in [2.75, 3.05) is 13.2 Å². The standard InChI is InChI=1S/C5H9O3P/c1-2-7-9(6)5-3-4-8-9/h3,5H,2,4H2,1H3. The first-order valence-electron chi connectivity index (χ1n) is 2.83. The average Bonchev–Trinajstić information content (AvgIpc) is 2.16. The smallest absolute Gasteiger partial charge is 0.306 e. The first-order chi connectivity index (χ1) is 4.27. The zero-order chi connectivity index (χ0) is 6.74. The largest absolute Gasteiger partial charge is 0.354 e. The third kappa shape index (κ3) is 1.65. The molecule has 1 heterocycles. The zero-order valence-corrected chi connectivity index (χ0v) is 6.14. The second-order valence-corrected chi connectivity index (χ2v) is 3.53. The lowest BCUT2D eigenvalue weighted by Gasteiger charge is -2.06. The Bertz CT molecular complexity index is 164. The molecule has 0 saturated heterocycles. The van der Waals surface area contributed by atoms with Crippen molar-refractivity contribution in [3.05, 3.63) is 11.9 Å². The molecule has 1 rings (SSSR count). The van der Waals surface area contributed by atoms with Crippen molar-refractivity contribution in [3.8, 4) is 0 Å². The normalized spacial score (nSPS) is 33.4. The van der Waals surface area contributed by atoms with Gasteiger partial charge in [-0.25, -0.2) is 0 Å². The highest BCUT2D eigenvalue weighted by atomic mass is 31.2. The van der Waals surface area contributed by atoms with Crippen LogP contribution in [0.2, 0.25) is 0 Å². The van der Waals surface area contributed by atoms with E-state index in [9.17, 15) is 4.57 Å². The molecule has 3 nitrogen and oxygen atoms in total. The van der Waals surface area contributed by atoms with Gasteiger partial charge in [0, 0.05) is 5.82 Å². The first kappa shape index (κ1) is 7.00. The van der Waals surface area contributed by atoms with Crippen LogP contribution in [-0.4, -0.2) is 13.2 Å². The Morgan fingerprint density at radius 2 is 2.67 bits per heavy atom. The minimum absolute atomic E-state index is 0.414. The monoisotopic (exact) mass is 148 g/mol. The minimum atomic E-state index is -2.75. The number of hydrogen-bond acceptors (Lipinski definition) is 3. The molecule has 0 fully saturated rings. The van der Waals surface area contributed by atoms with E-state index in [0.717, 1.165) is 0 Å². The van der Waals surface area contributed by atoms with E-state index in [2.05, 4.69) is 0 Å². The van der Waals surface area contributed by atoms with Crippen LogP contribution in [0.4, 0.5) is 0 Å². The van der Waals surface area contributed by atoms with E-state index in [0.29, 0.717) is 13.2 Å². The molecule has 52 valence electrons. The Morgan fingerprint density at radius 3 is 3.11 bits per heavy atom. The zero-order valence-electron chi connectivity index (χ0n) is 5.24. The van der Waals surface area contributed by atoms with Crippen LogP contribution in [0.3, 0.4) is 0 Å². The molecular formula is C5H9O3P. The molecule has 9 heavy (non-hydrogen) atoms. The van der Waals surface area contributed by atoms with Gasteiger partial charge in [0.15, 0.2) is 0 Å². The molecule has 0 saturated carbocycles. The molecule has 0 aromatic rings. The van der Waals surface area contributed by atoms with E-state index in [1.807, 2.05) is 0 Å². The quantitative estimate of drug-likeness (QED) is 0.559. The highest BCUT2D eigenvalue weighted by Gasteiger charge is 2.22. The van der Waals surface area contributed by atoms with Gasteiger partial charge in [-0.15, -0.1) is 0 Å². The van der Waals surface area contributed by atoms with Crippen LogP contribution in [0.1, 0.15) is 6.92 Å². The third-order valence-corrected chi connectivity index (χ3v) is 2.65. The topological polar surface area (TPSA) is 35.5 Å². The fourth-order valence-corrected chi connectivity index (χ4v) is 1.87. The Balaban J connectivity index is 2.53. The highest BCUT2D eigenvalue weighted by molar-refractivity contribution is 7.57. The molecule has 0 aromatic carbocycles. The van der Waals surface area contributed by atoms with E-state index in [1.165, 1.54) is 5.82 Å². The Kier molecular flexibility index (Phi) is 2.06. The number of hydrogen-bond donors (Lipinski definition) is 0. The molecule has 0 N–H and O–H groups in total. The number of rotatable bonds is 2. The van der Waals surface area contributed by atoms with Crippen molar-refractivity contribution in [1.29, 1.82) is 0 Å². The van der Waals surface area contributed by atoms with E-state index in [1.54, 1.807) is 13.0 Å². The van der Waals surface area contributed by atoms with E-state index in [4.69, 9.17) is 9.05 Å². The van der Waals surface area contributed by atoms with Gasteiger partial charge in [0.25, 0.3) is 0 Å². The van der Waals surface area contributed by atoms with E-state index in [-0.39, 0.29) is 0 Å². The Labute approximate surface area is 54.2 Å². The van der Waals surface area contributed by atoms with Crippen LogP contribution >= 0.6 is 7.60 Å². The van der Waals surface area contributed by atoms with Crippen LogP contribution in [0.15, 0.2) is 11.9 Å². The fourth-order valence-electron chi connectivity index (χ4n) is 0.622. The van der Waals surface area contributed by atoms with Gasteiger partial charge in [0.1, 0.15) is 0 Å². The second kappa shape index (κ2) is 2.65. The van der Waals surface area contributed by atoms with Gasteiger partial charge < -0.3 is 9.05 Å². The van der Waals surface area contributed by atoms with Crippen molar-refractivity contribution in [1.82, 2.24) is 0 Å². The molecule has 0 aromatic heterocycles. The predicted molar refractivity (Wildman–Crippen MR) is 34.3 cm³/mol. The van der Waals surface area contributed by atoms with Gasteiger partial charge in [-0.2, -0.15) is 0 Å². The van der Waals surface area contributed by atoms with Crippen LogP contribution in [0, 0.1) is 0 Å². The Morgan fingerprint density at radius 1 is 1.89 bits per heavy atom. The molecule has 0 aliphatic carbocycles. The molecule has 0 bridgehead atoms. The molecule has 4 heteroatoms. The summed E-state index contributed by atoms with van der Waals surface area (Å²) in [6.07, 6.45) is 1.70. The van der Waals surface area contributed by atoms with Crippen LogP contribution in [-0.2, 0) is 13.6 Å². The summed E-state index contributed by atoms with van der Waals surface area (Å²) in [4.78, 5) is 0. The van der Waals surface area contributed by atoms with Crippen LogP contribution < -0.4 is 0 Å². The van der Waals surface area contributed by atoms with Gasteiger partial charge in [0.2, 0.25) is 0 Å². The van der Waals surface area contributed by atoms with Gasteiger partial charge in [-0.05, 0) is 6.92 Å². The Hall–Kier alpha value is -0.110. The lowest BCUT2D eigenvalue weighted by molar-refractivity contribution is 0.244. The summed E-state index contributed by atoms with van der Waals surface area (Å²) in [6.45, 7) is 2.63. The third-order valence-electron chi connectivity index (χ3n) is 0.948. The summed E-state index contributed by atoms with van der Waals surface area (Å²) >= 11 is 0. The second-order valence-electron chi connectivity index (χ2n) is 1.64.